The van der Waals surface area contributed by atoms with E-state index in [2.05, 4.69) is 23.7 Å². The SMILES string of the molecule is Cc1ccc(CNCCc2sccc2C)o1. The van der Waals surface area contributed by atoms with Crippen molar-refractivity contribution in [1.82, 2.24) is 5.32 Å². The van der Waals surface area contributed by atoms with E-state index in [1.807, 2.05) is 30.4 Å². The highest BCUT2D eigenvalue weighted by molar-refractivity contribution is 7.10. The summed E-state index contributed by atoms with van der Waals surface area (Å²) in [6.07, 6.45) is 1.10. The van der Waals surface area contributed by atoms with E-state index >= 15 is 0 Å². The lowest BCUT2D eigenvalue weighted by molar-refractivity contribution is 0.463. The van der Waals surface area contributed by atoms with Crippen molar-refractivity contribution < 1.29 is 4.42 Å². The minimum atomic E-state index is 0.818. The molecule has 0 saturated carbocycles. The molecule has 2 aromatic heterocycles. The Bertz CT molecular complexity index is 444. The molecule has 1 N–H and O–H groups in total. The molecule has 0 aliphatic rings. The predicted molar refractivity (Wildman–Crippen MR) is 67.9 cm³/mol. The maximum absolute atomic E-state index is 5.48. The molecule has 2 aromatic rings. The summed E-state index contributed by atoms with van der Waals surface area (Å²) < 4.78 is 5.48. The fourth-order valence-corrected chi connectivity index (χ4v) is 2.56. The van der Waals surface area contributed by atoms with Crippen molar-refractivity contribution in [3.05, 3.63) is 45.5 Å². The standard InChI is InChI=1S/C13H17NOS/c1-10-6-8-16-13(10)5-7-14-9-12-4-3-11(2)15-12/h3-4,6,8,14H,5,7,9H2,1-2H3. The van der Waals surface area contributed by atoms with Gasteiger partial charge in [0.15, 0.2) is 0 Å². The fraction of sp³-hybridized carbons (Fsp3) is 0.385. The Balaban J connectivity index is 1.71. The zero-order valence-corrected chi connectivity index (χ0v) is 10.6. The molecule has 0 atom stereocenters. The van der Waals surface area contributed by atoms with Crippen molar-refractivity contribution in [2.45, 2.75) is 26.8 Å². The lowest BCUT2D eigenvalue weighted by atomic mass is 10.2. The molecule has 0 radical (unpaired) electrons. The molecule has 0 bridgehead atoms. The van der Waals surface area contributed by atoms with Crippen LogP contribution in [0.3, 0.4) is 0 Å². The second-order valence-electron chi connectivity index (χ2n) is 3.97. The van der Waals surface area contributed by atoms with Gasteiger partial charge < -0.3 is 9.73 Å². The number of nitrogens with one attached hydrogen (secondary N) is 1. The van der Waals surface area contributed by atoms with Crippen LogP contribution in [0, 0.1) is 13.8 Å². The maximum Gasteiger partial charge on any atom is 0.117 e. The highest BCUT2D eigenvalue weighted by Crippen LogP contribution is 2.15. The van der Waals surface area contributed by atoms with Gasteiger partial charge in [0.05, 0.1) is 6.54 Å². The molecule has 0 fully saturated rings. The molecule has 0 aliphatic heterocycles. The van der Waals surface area contributed by atoms with E-state index in [9.17, 15) is 0 Å². The minimum Gasteiger partial charge on any atom is -0.465 e. The Labute approximate surface area is 100 Å². The van der Waals surface area contributed by atoms with Crippen LogP contribution in [0.1, 0.15) is 22.0 Å². The van der Waals surface area contributed by atoms with Crippen LogP contribution in [0.25, 0.3) is 0 Å². The average molecular weight is 235 g/mol. The molecule has 3 heteroatoms. The van der Waals surface area contributed by atoms with Gasteiger partial charge in [0.2, 0.25) is 0 Å². The van der Waals surface area contributed by atoms with Gasteiger partial charge in [-0.25, -0.2) is 0 Å². The molecule has 0 unspecified atom stereocenters. The number of furan rings is 1. The van der Waals surface area contributed by atoms with Gasteiger partial charge in [-0.1, -0.05) is 0 Å². The molecule has 0 saturated heterocycles. The Kier molecular flexibility index (Phi) is 3.80. The number of hydrogen-bond donors (Lipinski definition) is 1. The lowest BCUT2D eigenvalue weighted by Gasteiger charge is -2.02. The summed E-state index contributed by atoms with van der Waals surface area (Å²) in [5.74, 6) is 1.99. The summed E-state index contributed by atoms with van der Waals surface area (Å²) in [6, 6.07) is 6.20. The van der Waals surface area contributed by atoms with E-state index in [1.165, 1.54) is 10.4 Å². The molecule has 2 nitrogen and oxygen atoms in total. The summed E-state index contributed by atoms with van der Waals surface area (Å²) in [5.41, 5.74) is 1.40. The summed E-state index contributed by atoms with van der Waals surface area (Å²) in [5, 5.41) is 5.55. The Morgan fingerprint density at radius 2 is 2.12 bits per heavy atom. The van der Waals surface area contributed by atoms with Gasteiger partial charge in [0.1, 0.15) is 11.5 Å². The van der Waals surface area contributed by atoms with Crippen molar-refractivity contribution in [3.8, 4) is 0 Å². The molecule has 0 spiro atoms. The molecule has 0 amide bonds. The van der Waals surface area contributed by atoms with E-state index < -0.39 is 0 Å². The molecule has 16 heavy (non-hydrogen) atoms. The van der Waals surface area contributed by atoms with Crippen molar-refractivity contribution in [2.75, 3.05) is 6.54 Å². The van der Waals surface area contributed by atoms with Crippen LogP contribution in [0.5, 0.6) is 0 Å². The van der Waals surface area contributed by atoms with Crippen LogP contribution in [0.2, 0.25) is 0 Å². The summed E-state index contributed by atoms with van der Waals surface area (Å²) >= 11 is 1.84. The Morgan fingerprint density at radius 3 is 2.75 bits per heavy atom. The molecule has 86 valence electrons. The van der Waals surface area contributed by atoms with Crippen molar-refractivity contribution >= 4 is 11.3 Å². The van der Waals surface area contributed by atoms with Crippen molar-refractivity contribution in [1.29, 1.82) is 0 Å². The maximum atomic E-state index is 5.48. The Morgan fingerprint density at radius 1 is 1.25 bits per heavy atom. The average Bonchev–Trinajstić information content (AvgIpc) is 2.83. The molecular formula is C13H17NOS. The van der Waals surface area contributed by atoms with E-state index in [0.717, 1.165) is 31.0 Å². The van der Waals surface area contributed by atoms with Gasteiger partial charge >= 0.3 is 0 Å². The zero-order chi connectivity index (χ0) is 11.4. The molecule has 0 aliphatic carbocycles. The van der Waals surface area contributed by atoms with Crippen LogP contribution in [0.15, 0.2) is 28.0 Å². The lowest BCUT2D eigenvalue weighted by Crippen LogP contribution is -2.16. The topological polar surface area (TPSA) is 25.2 Å². The highest BCUT2D eigenvalue weighted by atomic mass is 32.1. The molecule has 0 aromatic carbocycles. The van der Waals surface area contributed by atoms with Gasteiger partial charge in [0, 0.05) is 11.4 Å². The number of thiophene rings is 1. The molecular weight excluding hydrogens is 218 g/mol. The fourth-order valence-electron chi connectivity index (χ4n) is 1.65. The second kappa shape index (κ2) is 5.32. The second-order valence-corrected chi connectivity index (χ2v) is 4.97. The van der Waals surface area contributed by atoms with E-state index in [1.54, 1.807) is 0 Å². The molecule has 2 rings (SSSR count). The third-order valence-corrected chi connectivity index (χ3v) is 3.68. The van der Waals surface area contributed by atoms with Gasteiger partial charge in [-0.2, -0.15) is 0 Å². The first-order valence-corrected chi connectivity index (χ1v) is 6.42. The van der Waals surface area contributed by atoms with Crippen molar-refractivity contribution in [2.24, 2.45) is 0 Å². The first-order valence-electron chi connectivity index (χ1n) is 5.54. The third kappa shape index (κ3) is 2.97. The third-order valence-electron chi connectivity index (χ3n) is 2.59. The van der Waals surface area contributed by atoms with Gasteiger partial charge in [-0.05, 0) is 49.4 Å². The van der Waals surface area contributed by atoms with Gasteiger partial charge in [-0.3, -0.25) is 0 Å². The largest absolute Gasteiger partial charge is 0.465 e. The first kappa shape index (κ1) is 11.4. The number of aryl methyl sites for hydroxylation is 2. The van der Waals surface area contributed by atoms with E-state index in [0.29, 0.717) is 0 Å². The number of hydrogen-bond acceptors (Lipinski definition) is 3. The Hall–Kier alpha value is -1.06. The monoisotopic (exact) mass is 235 g/mol. The summed E-state index contributed by atoms with van der Waals surface area (Å²) in [7, 11) is 0. The van der Waals surface area contributed by atoms with Crippen molar-refractivity contribution in [3.63, 3.8) is 0 Å². The van der Waals surface area contributed by atoms with E-state index in [-0.39, 0.29) is 0 Å². The van der Waals surface area contributed by atoms with Crippen LogP contribution in [-0.2, 0) is 13.0 Å². The first-order chi connectivity index (χ1) is 7.75. The van der Waals surface area contributed by atoms with Crippen LogP contribution in [-0.4, -0.2) is 6.54 Å². The minimum absolute atomic E-state index is 0.818. The predicted octanol–water partition coefficient (Wildman–Crippen LogP) is 3.29. The van der Waals surface area contributed by atoms with Crippen LogP contribution >= 0.6 is 11.3 Å². The summed E-state index contributed by atoms with van der Waals surface area (Å²) in [4.78, 5) is 1.48. The smallest absolute Gasteiger partial charge is 0.117 e. The van der Waals surface area contributed by atoms with Gasteiger partial charge in [-0.15, -0.1) is 11.3 Å². The highest BCUT2D eigenvalue weighted by Gasteiger charge is 2.00. The van der Waals surface area contributed by atoms with E-state index in [4.69, 9.17) is 4.42 Å². The van der Waals surface area contributed by atoms with Crippen LogP contribution < -0.4 is 5.32 Å². The quantitative estimate of drug-likeness (QED) is 0.804. The normalized spacial score (nSPS) is 10.9. The van der Waals surface area contributed by atoms with Crippen LogP contribution in [0.4, 0.5) is 0 Å². The summed E-state index contributed by atoms with van der Waals surface area (Å²) in [6.45, 7) is 5.96. The van der Waals surface area contributed by atoms with Gasteiger partial charge in [0.25, 0.3) is 0 Å². The molecule has 2 heterocycles. The number of rotatable bonds is 5. The zero-order valence-electron chi connectivity index (χ0n) is 9.75.